The summed E-state index contributed by atoms with van der Waals surface area (Å²) in [6, 6.07) is 4.63. The number of hydrogen-bond acceptors (Lipinski definition) is 1. The fraction of sp³-hybridized carbons (Fsp3) is 0.562. The lowest BCUT2D eigenvalue weighted by Crippen LogP contribution is -2.39. The van der Waals surface area contributed by atoms with Gasteiger partial charge in [-0.1, -0.05) is 43.0 Å². The Labute approximate surface area is 117 Å². The number of halogens is 2. The van der Waals surface area contributed by atoms with Crippen LogP contribution in [0.4, 0.5) is 8.78 Å². The molecule has 0 aromatic heterocycles. The van der Waals surface area contributed by atoms with Gasteiger partial charge in [0, 0.05) is 12.5 Å². The maximum atomic E-state index is 13.8. The maximum Gasteiger partial charge on any atom is 0.314 e. The van der Waals surface area contributed by atoms with Crippen LogP contribution in [0.5, 0.6) is 0 Å². The first-order chi connectivity index (χ1) is 9.27. The van der Waals surface area contributed by atoms with Crippen molar-refractivity contribution in [2.24, 2.45) is 0 Å². The Kier molecular flexibility index (Phi) is 3.85. The molecule has 110 valence electrons. The highest BCUT2D eigenvalue weighted by molar-refractivity contribution is 5.82. The van der Waals surface area contributed by atoms with E-state index >= 15 is 0 Å². The molecule has 0 amide bonds. The molecule has 1 aromatic carbocycles. The van der Waals surface area contributed by atoms with Crippen LogP contribution in [0, 0.1) is 6.92 Å². The maximum absolute atomic E-state index is 13.8. The van der Waals surface area contributed by atoms with Crippen LogP contribution >= 0.6 is 0 Å². The van der Waals surface area contributed by atoms with Gasteiger partial charge >= 0.3 is 5.97 Å². The molecule has 1 aliphatic rings. The molecule has 1 aromatic rings. The van der Waals surface area contributed by atoms with Gasteiger partial charge in [0.25, 0.3) is 5.92 Å². The van der Waals surface area contributed by atoms with Crippen molar-refractivity contribution in [2.45, 2.75) is 57.3 Å². The van der Waals surface area contributed by atoms with Crippen LogP contribution < -0.4 is 0 Å². The summed E-state index contributed by atoms with van der Waals surface area (Å²) in [7, 11) is 0. The number of rotatable bonds is 3. The zero-order valence-electron chi connectivity index (χ0n) is 11.9. The topological polar surface area (TPSA) is 37.3 Å². The van der Waals surface area contributed by atoms with Gasteiger partial charge in [-0.15, -0.1) is 0 Å². The van der Waals surface area contributed by atoms with Gasteiger partial charge < -0.3 is 5.11 Å². The van der Waals surface area contributed by atoms with E-state index in [2.05, 4.69) is 0 Å². The van der Waals surface area contributed by atoms with Crippen LogP contribution in [0.1, 0.15) is 55.7 Å². The second-order valence-electron chi connectivity index (χ2n) is 5.89. The molecule has 0 bridgehead atoms. The van der Waals surface area contributed by atoms with E-state index in [9.17, 15) is 18.7 Å². The van der Waals surface area contributed by atoms with E-state index in [1.165, 1.54) is 6.07 Å². The van der Waals surface area contributed by atoms with Gasteiger partial charge in [0.1, 0.15) is 0 Å². The number of aryl methyl sites for hydroxylation is 1. The van der Waals surface area contributed by atoms with Crippen molar-refractivity contribution in [3.63, 3.8) is 0 Å². The molecule has 2 nitrogen and oxygen atoms in total. The number of hydrogen-bond donors (Lipinski definition) is 1. The van der Waals surface area contributed by atoms with Crippen LogP contribution in [0.3, 0.4) is 0 Å². The zero-order valence-corrected chi connectivity index (χ0v) is 11.9. The quantitative estimate of drug-likeness (QED) is 0.892. The molecular weight excluding hydrogens is 262 g/mol. The number of carboxylic acid groups (broad SMARTS) is 1. The Hall–Kier alpha value is -1.45. The molecule has 0 radical (unpaired) electrons. The molecule has 0 spiro atoms. The summed E-state index contributed by atoms with van der Waals surface area (Å²) in [4.78, 5) is 11.8. The summed E-state index contributed by atoms with van der Waals surface area (Å²) in [5.74, 6) is -4.00. The average Bonchev–Trinajstić information content (AvgIpc) is 2.37. The fourth-order valence-electron chi connectivity index (χ4n) is 3.19. The molecule has 0 unspecified atom stereocenters. The minimum atomic E-state index is -3.02. The van der Waals surface area contributed by atoms with Crippen molar-refractivity contribution >= 4 is 5.97 Å². The van der Waals surface area contributed by atoms with Crippen LogP contribution in [0.2, 0.25) is 0 Å². The molecule has 1 fully saturated rings. The number of aliphatic carboxylic acids is 1. The van der Waals surface area contributed by atoms with E-state index in [1.54, 1.807) is 19.1 Å². The molecule has 20 heavy (non-hydrogen) atoms. The van der Waals surface area contributed by atoms with Gasteiger partial charge in [-0.05, 0) is 25.3 Å². The predicted molar refractivity (Wildman–Crippen MR) is 73.1 cm³/mol. The molecule has 4 heteroatoms. The van der Waals surface area contributed by atoms with Crippen LogP contribution in [0.25, 0.3) is 0 Å². The van der Waals surface area contributed by atoms with Crippen molar-refractivity contribution < 1.29 is 18.7 Å². The van der Waals surface area contributed by atoms with Gasteiger partial charge in [-0.3, -0.25) is 4.79 Å². The Bertz CT molecular complexity index is 512. The third kappa shape index (κ3) is 2.56. The number of benzene rings is 1. The van der Waals surface area contributed by atoms with Gasteiger partial charge in [-0.2, -0.15) is 0 Å². The van der Waals surface area contributed by atoms with E-state index in [0.29, 0.717) is 18.4 Å². The van der Waals surface area contributed by atoms with Crippen LogP contribution in [0.15, 0.2) is 18.2 Å². The Morgan fingerprint density at radius 1 is 1.25 bits per heavy atom. The van der Waals surface area contributed by atoms with Gasteiger partial charge in [0.05, 0.1) is 5.41 Å². The van der Waals surface area contributed by atoms with E-state index in [-0.39, 0.29) is 5.56 Å². The van der Waals surface area contributed by atoms with Crippen molar-refractivity contribution in [1.29, 1.82) is 0 Å². The van der Waals surface area contributed by atoms with Gasteiger partial charge in [0.2, 0.25) is 0 Å². The first-order valence-corrected chi connectivity index (χ1v) is 7.00. The summed E-state index contributed by atoms with van der Waals surface area (Å²) >= 11 is 0. The first-order valence-electron chi connectivity index (χ1n) is 7.00. The van der Waals surface area contributed by atoms with Crippen molar-refractivity contribution in [3.8, 4) is 0 Å². The third-order valence-corrected chi connectivity index (χ3v) is 4.28. The normalized spacial score (nSPS) is 18.8. The lowest BCUT2D eigenvalue weighted by Gasteiger charge is -2.36. The number of carbonyl (C=O) groups is 1. The highest BCUT2D eigenvalue weighted by Gasteiger charge is 2.45. The largest absolute Gasteiger partial charge is 0.481 e. The number of alkyl halides is 2. The fourth-order valence-corrected chi connectivity index (χ4v) is 3.19. The minimum absolute atomic E-state index is 0.146. The highest BCUT2D eigenvalue weighted by atomic mass is 19.3. The van der Waals surface area contributed by atoms with E-state index in [1.807, 2.05) is 0 Å². The summed E-state index contributed by atoms with van der Waals surface area (Å²) in [5.41, 5.74) is -0.178. The van der Waals surface area contributed by atoms with Crippen LogP contribution in [-0.4, -0.2) is 11.1 Å². The second-order valence-corrected chi connectivity index (χ2v) is 5.89. The Balaban J connectivity index is 2.64. The predicted octanol–water partition coefficient (Wildman–Crippen LogP) is 4.39. The number of carboxylic acids is 1. The summed E-state index contributed by atoms with van der Waals surface area (Å²) in [6.07, 6.45) is 3.40. The summed E-state index contributed by atoms with van der Waals surface area (Å²) < 4.78 is 27.7. The van der Waals surface area contributed by atoms with Gasteiger partial charge in [-0.25, -0.2) is 8.78 Å². The standard InChI is InChI=1S/C16H20F2O2/c1-11-6-7-12(15(2,17)18)13(10-11)16(14(19)20)8-4-3-5-9-16/h6-7,10H,3-5,8-9H2,1-2H3,(H,19,20). The minimum Gasteiger partial charge on any atom is -0.481 e. The molecule has 1 aliphatic carbocycles. The van der Waals surface area contributed by atoms with Crippen molar-refractivity contribution in [3.05, 3.63) is 34.9 Å². The SMILES string of the molecule is Cc1ccc(C(C)(F)F)c(C2(C(=O)O)CCCCC2)c1. The molecule has 1 saturated carbocycles. The molecule has 0 atom stereocenters. The lowest BCUT2D eigenvalue weighted by atomic mass is 9.67. The first kappa shape index (κ1) is 14.9. The molecule has 2 rings (SSSR count). The van der Waals surface area contributed by atoms with E-state index < -0.39 is 17.3 Å². The highest BCUT2D eigenvalue weighted by Crippen LogP contribution is 2.45. The monoisotopic (exact) mass is 282 g/mol. The summed E-state index contributed by atoms with van der Waals surface area (Å²) in [6.45, 7) is 2.64. The van der Waals surface area contributed by atoms with Crippen molar-refractivity contribution in [2.75, 3.05) is 0 Å². The lowest BCUT2D eigenvalue weighted by molar-refractivity contribution is -0.145. The average molecular weight is 282 g/mol. The second kappa shape index (κ2) is 5.15. The summed E-state index contributed by atoms with van der Waals surface area (Å²) in [5, 5.41) is 9.68. The molecular formula is C16H20F2O2. The van der Waals surface area contributed by atoms with Crippen LogP contribution in [-0.2, 0) is 16.1 Å². The zero-order chi connectivity index (χ0) is 15.0. The van der Waals surface area contributed by atoms with E-state index in [0.717, 1.165) is 31.7 Å². The van der Waals surface area contributed by atoms with E-state index in [4.69, 9.17) is 0 Å². The molecule has 0 aliphatic heterocycles. The smallest absolute Gasteiger partial charge is 0.314 e. The molecule has 0 heterocycles. The Morgan fingerprint density at radius 3 is 2.35 bits per heavy atom. The Morgan fingerprint density at radius 2 is 1.85 bits per heavy atom. The van der Waals surface area contributed by atoms with Crippen molar-refractivity contribution in [1.82, 2.24) is 0 Å². The molecule has 1 N–H and O–H groups in total. The molecule has 0 saturated heterocycles. The van der Waals surface area contributed by atoms with Gasteiger partial charge in [0.15, 0.2) is 0 Å². The third-order valence-electron chi connectivity index (χ3n) is 4.28.